The van der Waals surface area contributed by atoms with Crippen molar-refractivity contribution in [1.29, 1.82) is 0 Å². The molecular formula is C15H30F4O8Si2. The Bertz CT molecular complexity index is 445. The average molecular weight is 471 g/mol. The summed E-state index contributed by atoms with van der Waals surface area (Å²) in [7, 11) is 2.03. The monoisotopic (exact) mass is 470 g/mol. The third-order valence-corrected chi connectivity index (χ3v) is 10.1. The van der Waals surface area contributed by atoms with Crippen molar-refractivity contribution in [3.05, 3.63) is 0 Å². The summed E-state index contributed by atoms with van der Waals surface area (Å²) >= 11 is 0. The molecular weight excluding hydrogens is 440 g/mol. The van der Waals surface area contributed by atoms with Gasteiger partial charge in [0.2, 0.25) is 0 Å². The number of alkyl halides is 4. The molecule has 0 aliphatic rings. The van der Waals surface area contributed by atoms with Crippen LogP contribution < -0.4 is 0 Å². The second-order valence-electron chi connectivity index (χ2n) is 6.07. The quantitative estimate of drug-likeness (QED) is 0.205. The van der Waals surface area contributed by atoms with Crippen LogP contribution in [0.25, 0.3) is 0 Å². The van der Waals surface area contributed by atoms with Crippen LogP contribution in [-0.4, -0.2) is 78.3 Å². The Morgan fingerprint density at radius 1 is 0.690 bits per heavy atom. The number of carbonyl (C=O) groups excluding carboxylic acids is 1. The lowest BCUT2D eigenvalue weighted by atomic mass is 10.1. The molecule has 0 spiro atoms. The predicted molar refractivity (Wildman–Crippen MR) is 97.6 cm³/mol. The fourth-order valence-electron chi connectivity index (χ4n) is 2.70. The van der Waals surface area contributed by atoms with Gasteiger partial charge >= 0.3 is 29.8 Å². The van der Waals surface area contributed by atoms with Gasteiger partial charge in [-0.1, -0.05) is 0 Å². The molecule has 0 aliphatic heterocycles. The highest BCUT2D eigenvalue weighted by Gasteiger charge is 2.48. The van der Waals surface area contributed by atoms with Crippen LogP contribution in [0, 0.1) is 0 Å². The van der Waals surface area contributed by atoms with Gasteiger partial charge in [0.1, 0.15) is 0 Å². The SMILES string of the molecule is CO[Si](CCCC(F)(CCC[Si](OC)(OC)OC)OC(=O)C(F)(F)F)(OC)OC. The highest BCUT2D eigenvalue weighted by atomic mass is 28.4. The van der Waals surface area contributed by atoms with Crippen molar-refractivity contribution in [2.45, 2.75) is 49.8 Å². The maximum absolute atomic E-state index is 15.2. The molecule has 8 nitrogen and oxygen atoms in total. The lowest BCUT2D eigenvalue weighted by Gasteiger charge is -2.29. The number of hydrogen-bond donors (Lipinski definition) is 0. The molecule has 0 heterocycles. The molecule has 0 fully saturated rings. The molecule has 0 unspecified atom stereocenters. The maximum atomic E-state index is 15.2. The van der Waals surface area contributed by atoms with Crippen LogP contribution in [-0.2, 0) is 36.1 Å². The molecule has 0 saturated carbocycles. The molecule has 0 saturated heterocycles. The molecule has 0 radical (unpaired) electrons. The van der Waals surface area contributed by atoms with E-state index >= 15 is 4.39 Å². The van der Waals surface area contributed by atoms with Crippen LogP contribution >= 0.6 is 0 Å². The molecule has 14 heteroatoms. The van der Waals surface area contributed by atoms with E-state index in [1.165, 1.54) is 42.7 Å². The van der Waals surface area contributed by atoms with Crippen LogP contribution in [0.3, 0.4) is 0 Å². The van der Waals surface area contributed by atoms with Crippen LogP contribution in [0.1, 0.15) is 25.7 Å². The van der Waals surface area contributed by atoms with E-state index in [1.807, 2.05) is 0 Å². The topological polar surface area (TPSA) is 81.7 Å². The Hall–Kier alpha value is -0.616. The number of hydrogen-bond acceptors (Lipinski definition) is 8. The molecule has 0 aliphatic carbocycles. The van der Waals surface area contributed by atoms with Crippen molar-refractivity contribution in [1.82, 2.24) is 0 Å². The van der Waals surface area contributed by atoms with E-state index in [2.05, 4.69) is 4.74 Å². The molecule has 29 heavy (non-hydrogen) atoms. The summed E-state index contributed by atoms with van der Waals surface area (Å²) in [6, 6.07) is 0.247. The Kier molecular flexibility index (Phi) is 12.0. The van der Waals surface area contributed by atoms with Crippen molar-refractivity contribution >= 4 is 23.6 Å². The fraction of sp³-hybridized carbons (Fsp3) is 0.933. The summed E-state index contributed by atoms with van der Waals surface area (Å²) in [5.41, 5.74) is 0. The lowest BCUT2D eigenvalue weighted by molar-refractivity contribution is -0.233. The van der Waals surface area contributed by atoms with Gasteiger partial charge < -0.3 is 31.3 Å². The number of rotatable bonds is 15. The summed E-state index contributed by atoms with van der Waals surface area (Å²) in [5.74, 6) is -5.44. The van der Waals surface area contributed by atoms with Gasteiger partial charge in [-0.15, -0.1) is 0 Å². The molecule has 0 N–H and O–H groups in total. The highest BCUT2D eigenvalue weighted by molar-refractivity contribution is 6.60. The molecule has 0 bridgehead atoms. The molecule has 0 rings (SSSR count). The third-order valence-electron chi connectivity index (χ3n) is 4.44. The second kappa shape index (κ2) is 12.3. The zero-order valence-electron chi connectivity index (χ0n) is 17.5. The maximum Gasteiger partial charge on any atom is 0.500 e. The standard InChI is InChI=1S/C15H30F4O8Si2/c1-21-28(22-2,23-3)11-7-9-14(16,27-13(20)15(17,18)19)10-8-12-29(24-4,25-5)26-6/h7-12H2,1-6H3. The van der Waals surface area contributed by atoms with E-state index in [9.17, 15) is 18.0 Å². The minimum absolute atomic E-state index is 0.00475. The van der Waals surface area contributed by atoms with Crippen LogP contribution in [0.4, 0.5) is 17.6 Å². The van der Waals surface area contributed by atoms with Crippen molar-refractivity contribution < 1.29 is 53.6 Å². The second-order valence-corrected chi connectivity index (χ2v) is 12.2. The van der Waals surface area contributed by atoms with Crippen molar-refractivity contribution in [3.8, 4) is 0 Å². The smallest absolute Gasteiger partial charge is 0.422 e. The van der Waals surface area contributed by atoms with Crippen molar-refractivity contribution in [3.63, 3.8) is 0 Å². The van der Waals surface area contributed by atoms with Gasteiger partial charge in [-0.3, -0.25) is 0 Å². The zero-order chi connectivity index (χ0) is 22.8. The summed E-state index contributed by atoms with van der Waals surface area (Å²) in [5, 5.41) is 0. The largest absolute Gasteiger partial charge is 0.500 e. The Morgan fingerprint density at radius 3 is 1.24 bits per heavy atom. The van der Waals surface area contributed by atoms with Gasteiger partial charge in [-0.2, -0.15) is 17.6 Å². The summed E-state index contributed by atoms with van der Waals surface area (Å²) in [6.07, 6.45) is -6.30. The van der Waals surface area contributed by atoms with E-state index in [0.29, 0.717) is 0 Å². The van der Waals surface area contributed by atoms with Gasteiger partial charge in [-0.25, -0.2) is 4.79 Å². The lowest BCUT2D eigenvalue weighted by Crippen LogP contribution is -2.44. The summed E-state index contributed by atoms with van der Waals surface area (Å²) in [6.45, 7) is 0. The number of ether oxygens (including phenoxy) is 1. The Balaban J connectivity index is 5.18. The summed E-state index contributed by atoms with van der Waals surface area (Å²) in [4.78, 5) is 11.2. The highest BCUT2D eigenvalue weighted by Crippen LogP contribution is 2.33. The molecule has 0 atom stereocenters. The van der Waals surface area contributed by atoms with Crippen LogP contribution in [0.2, 0.25) is 12.1 Å². The fourth-order valence-corrected chi connectivity index (χ4v) is 6.15. The van der Waals surface area contributed by atoms with Gasteiger partial charge in [0, 0.05) is 67.6 Å². The summed E-state index contributed by atoms with van der Waals surface area (Å²) < 4.78 is 88.3. The van der Waals surface area contributed by atoms with E-state index < -0.39 is 48.5 Å². The molecule has 0 aromatic carbocycles. The van der Waals surface area contributed by atoms with Gasteiger partial charge in [0.05, 0.1) is 0 Å². The van der Waals surface area contributed by atoms with Crippen molar-refractivity contribution in [2.75, 3.05) is 42.7 Å². The normalized spacial score (nSPS) is 13.6. The first-order valence-corrected chi connectivity index (χ1v) is 12.6. The number of halogens is 4. The first kappa shape index (κ1) is 28.4. The van der Waals surface area contributed by atoms with Gasteiger partial charge in [0.15, 0.2) is 0 Å². The first-order valence-electron chi connectivity index (χ1n) is 8.71. The predicted octanol–water partition coefficient (Wildman–Crippen LogP) is 3.07. The Morgan fingerprint density at radius 2 is 1.00 bits per heavy atom. The first-order chi connectivity index (χ1) is 13.4. The van der Waals surface area contributed by atoms with E-state index in [1.54, 1.807) is 0 Å². The average Bonchev–Trinajstić information content (AvgIpc) is 2.68. The van der Waals surface area contributed by atoms with Gasteiger partial charge in [0.25, 0.3) is 5.85 Å². The van der Waals surface area contributed by atoms with Crippen LogP contribution in [0.5, 0.6) is 0 Å². The van der Waals surface area contributed by atoms with Crippen LogP contribution in [0.15, 0.2) is 0 Å². The number of carbonyl (C=O) groups is 1. The molecule has 174 valence electrons. The van der Waals surface area contributed by atoms with Gasteiger partial charge in [-0.05, 0) is 12.8 Å². The molecule has 0 amide bonds. The van der Waals surface area contributed by atoms with Crippen molar-refractivity contribution in [2.24, 2.45) is 0 Å². The molecule has 0 aromatic heterocycles. The zero-order valence-corrected chi connectivity index (χ0v) is 19.5. The van der Waals surface area contributed by atoms with E-state index in [4.69, 9.17) is 26.6 Å². The van der Waals surface area contributed by atoms with E-state index in [0.717, 1.165) is 0 Å². The van der Waals surface area contributed by atoms with E-state index in [-0.39, 0.29) is 24.9 Å². The molecule has 0 aromatic rings. The Labute approximate surface area is 170 Å². The minimum atomic E-state index is -5.31. The number of esters is 1. The minimum Gasteiger partial charge on any atom is -0.422 e. The third kappa shape index (κ3) is 8.96.